The third-order valence-corrected chi connectivity index (χ3v) is 10.4. The van der Waals surface area contributed by atoms with Crippen LogP contribution in [-0.4, -0.2) is 57.0 Å². The van der Waals surface area contributed by atoms with Crippen molar-refractivity contribution in [3.8, 4) is 5.75 Å². The minimum Gasteiger partial charge on any atom is -0.505 e. The third-order valence-electron chi connectivity index (χ3n) is 6.77. The molecule has 0 saturated carbocycles. The summed E-state index contributed by atoms with van der Waals surface area (Å²) in [6.07, 6.45) is 0. The molecule has 5 aromatic rings. The molecule has 0 amide bonds. The number of nitrogens with two attached hydrogens (primary N) is 2. The Kier molecular flexibility index (Phi) is 8.67. The average molecular weight is 753 g/mol. The summed E-state index contributed by atoms with van der Waals surface area (Å²) < 4.78 is 137. The summed E-state index contributed by atoms with van der Waals surface area (Å²) >= 11 is 0. The fraction of sp³-hybridized carbons (Fsp3) is 0. The van der Waals surface area contributed by atoms with Gasteiger partial charge in [0, 0.05) is 16.5 Å². The molecule has 0 aliphatic carbocycles. The van der Waals surface area contributed by atoms with E-state index in [1.165, 1.54) is 24.3 Å². The Morgan fingerprint density at radius 1 is 0.531 bits per heavy atom. The van der Waals surface area contributed by atoms with E-state index in [0.29, 0.717) is 17.5 Å². The number of hydrogen-bond donors (Lipinski definition) is 7. The summed E-state index contributed by atoms with van der Waals surface area (Å²) in [6.45, 7) is 0. The molecule has 256 valence electrons. The van der Waals surface area contributed by atoms with Crippen LogP contribution in [0.4, 0.5) is 34.1 Å². The van der Waals surface area contributed by atoms with Gasteiger partial charge in [0.15, 0.2) is 5.75 Å². The van der Waals surface area contributed by atoms with Gasteiger partial charge in [0.25, 0.3) is 40.5 Å². The van der Waals surface area contributed by atoms with Crippen molar-refractivity contribution in [2.45, 2.75) is 19.6 Å². The van der Waals surface area contributed by atoms with Crippen LogP contribution in [0.15, 0.2) is 107 Å². The molecule has 0 spiro atoms. The van der Waals surface area contributed by atoms with E-state index in [9.17, 15) is 57.0 Å². The van der Waals surface area contributed by atoms with E-state index in [4.69, 9.17) is 11.5 Å². The molecule has 0 radical (unpaired) electrons. The summed E-state index contributed by atoms with van der Waals surface area (Å²) in [6, 6.07) is 12.3. The first-order valence-electron chi connectivity index (χ1n) is 12.9. The van der Waals surface area contributed by atoms with Crippen LogP contribution in [-0.2, 0) is 40.5 Å². The van der Waals surface area contributed by atoms with Crippen LogP contribution in [0.2, 0.25) is 0 Å². The molecule has 0 unspecified atom stereocenters. The number of phenolic OH excluding ortho intramolecular Hbond substituents is 1. The van der Waals surface area contributed by atoms with Gasteiger partial charge >= 0.3 is 0 Å². The maximum atomic E-state index is 12.4. The van der Waals surface area contributed by atoms with Crippen LogP contribution >= 0.6 is 0 Å². The number of anilines is 2. The van der Waals surface area contributed by atoms with Crippen molar-refractivity contribution in [1.82, 2.24) is 0 Å². The van der Waals surface area contributed by atoms with Gasteiger partial charge < -0.3 is 16.6 Å². The van der Waals surface area contributed by atoms with Gasteiger partial charge in [0.05, 0.1) is 11.1 Å². The predicted molar refractivity (Wildman–Crippen MR) is 172 cm³/mol. The maximum Gasteiger partial charge on any atom is 0.297 e. The molecular weight excluding hydrogens is 733 g/mol. The van der Waals surface area contributed by atoms with Crippen molar-refractivity contribution < 1.29 is 57.0 Å². The number of nitrogens with zero attached hydrogens (tertiary/aromatic N) is 4. The average Bonchev–Trinajstić information content (AvgIpc) is 2.97. The van der Waals surface area contributed by atoms with E-state index < -0.39 is 105 Å². The molecule has 0 aliphatic rings. The normalized spacial score (nSPS) is 13.2. The highest BCUT2D eigenvalue weighted by molar-refractivity contribution is 7.87. The maximum absolute atomic E-state index is 12.4. The Morgan fingerprint density at radius 2 is 1.12 bits per heavy atom. The molecule has 5 rings (SSSR count). The number of fused-ring (bicyclic) bond motifs is 2. The molecule has 0 bridgehead atoms. The van der Waals surface area contributed by atoms with Crippen LogP contribution in [0.3, 0.4) is 0 Å². The lowest BCUT2D eigenvalue weighted by molar-refractivity contribution is 0.471. The van der Waals surface area contributed by atoms with Gasteiger partial charge in [-0.3, -0.25) is 18.2 Å². The van der Waals surface area contributed by atoms with Crippen LogP contribution in [0, 0.1) is 0 Å². The molecule has 0 fully saturated rings. The number of aromatic hydroxyl groups is 1. The fourth-order valence-corrected chi connectivity index (χ4v) is 7.51. The van der Waals surface area contributed by atoms with Crippen LogP contribution in [0.25, 0.3) is 21.5 Å². The second-order valence-electron chi connectivity index (χ2n) is 9.96. The lowest BCUT2D eigenvalue weighted by Crippen LogP contribution is -2.04. The Balaban J connectivity index is 1.83. The summed E-state index contributed by atoms with van der Waals surface area (Å²) in [5.74, 6) is -1.29. The zero-order valence-corrected chi connectivity index (χ0v) is 27.2. The first kappa shape index (κ1) is 35.2. The number of azo groups is 2. The molecule has 49 heavy (non-hydrogen) atoms. The third kappa shape index (κ3) is 6.90. The lowest BCUT2D eigenvalue weighted by atomic mass is 10.0. The van der Waals surface area contributed by atoms with Gasteiger partial charge in [-0.2, -0.15) is 33.7 Å². The first-order chi connectivity index (χ1) is 22.6. The number of nitrogen functional groups attached to an aromatic ring is 2. The number of hydrogen-bond acceptors (Lipinski definition) is 15. The van der Waals surface area contributed by atoms with Crippen LogP contribution in [0.5, 0.6) is 5.75 Å². The second kappa shape index (κ2) is 12.1. The van der Waals surface area contributed by atoms with Crippen molar-refractivity contribution in [2.75, 3.05) is 11.5 Å². The Bertz CT molecular complexity index is 2750. The highest BCUT2D eigenvalue weighted by Gasteiger charge is 2.29. The monoisotopic (exact) mass is 752 g/mol. The number of benzene rings is 5. The molecule has 23 heteroatoms. The smallest absolute Gasteiger partial charge is 0.297 e. The Labute approximate surface area is 276 Å². The number of rotatable bonds is 8. The van der Waals surface area contributed by atoms with Gasteiger partial charge in [-0.05, 0) is 41.8 Å². The molecular formula is C26H20N6O13S4. The van der Waals surface area contributed by atoms with Gasteiger partial charge in [-0.15, -0.1) is 20.5 Å². The molecule has 0 aromatic heterocycles. The first-order valence-corrected chi connectivity index (χ1v) is 18.6. The SMILES string of the molecule is Nc1ccc(S(=O)(=O)O)c(/N=N/c2cc(S(=O)(=O)O)c3cc(S(=O)(=O)O)c(/N=N/c4ccc5ccccc5c4S(=O)(=O)O)c(O)c3c2N)c1. The molecule has 0 aliphatic heterocycles. The van der Waals surface area contributed by atoms with Crippen molar-refractivity contribution in [2.24, 2.45) is 20.5 Å². The highest BCUT2D eigenvalue weighted by Crippen LogP contribution is 2.48. The quantitative estimate of drug-likeness (QED) is 0.0642. The zero-order valence-electron chi connectivity index (χ0n) is 23.9. The van der Waals surface area contributed by atoms with E-state index in [1.54, 1.807) is 6.07 Å². The topological polar surface area (TPSA) is 339 Å². The van der Waals surface area contributed by atoms with Gasteiger partial charge in [0.2, 0.25) is 0 Å². The highest BCUT2D eigenvalue weighted by atomic mass is 32.2. The Morgan fingerprint density at radius 3 is 1.73 bits per heavy atom. The number of phenols is 1. The largest absolute Gasteiger partial charge is 0.505 e. The van der Waals surface area contributed by atoms with Crippen molar-refractivity contribution in [3.05, 3.63) is 66.7 Å². The summed E-state index contributed by atoms with van der Waals surface area (Å²) in [5.41, 5.74) is 8.18. The van der Waals surface area contributed by atoms with Crippen LogP contribution in [0.1, 0.15) is 0 Å². The van der Waals surface area contributed by atoms with E-state index >= 15 is 0 Å². The second-order valence-corrected chi connectivity index (χ2v) is 15.5. The molecule has 5 aromatic carbocycles. The summed E-state index contributed by atoms with van der Waals surface area (Å²) in [7, 11) is -20.6. The van der Waals surface area contributed by atoms with Crippen molar-refractivity contribution >= 4 is 96.1 Å². The van der Waals surface area contributed by atoms with E-state index in [-0.39, 0.29) is 11.1 Å². The Hall–Kier alpha value is -5.14. The molecule has 0 atom stereocenters. The minimum absolute atomic E-state index is 0.0199. The van der Waals surface area contributed by atoms with E-state index in [1.807, 2.05) is 0 Å². The summed E-state index contributed by atoms with van der Waals surface area (Å²) in [5, 5.41) is 24.7. The van der Waals surface area contributed by atoms with Gasteiger partial charge in [-0.25, -0.2) is 0 Å². The summed E-state index contributed by atoms with van der Waals surface area (Å²) in [4.78, 5) is -3.96. The van der Waals surface area contributed by atoms with E-state index in [0.717, 1.165) is 24.3 Å². The van der Waals surface area contributed by atoms with Crippen molar-refractivity contribution in [3.63, 3.8) is 0 Å². The standard InChI is InChI=1S/C26H20N6O13S4/c27-13-6-8-19(46(34,35)36)17(9-13)30-31-18-11-20(47(37,38)39)15-10-21(48(40,41)42)24(25(33)22(15)23(18)28)32-29-16-7-5-12-3-1-2-4-14(12)26(16)49(43,44)45/h1-11,33H,27-28H2,(H,34,35,36)(H,37,38,39)(H,40,41,42)(H,43,44,45)/b31-30+,32-29+. The molecule has 9 N–H and O–H groups in total. The fourth-order valence-electron chi connectivity index (χ4n) is 4.72. The zero-order chi connectivity index (χ0) is 36.3. The van der Waals surface area contributed by atoms with E-state index in [2.05, 4.69) is 20.5 Å². The lowest BCUT2D eigenvalue weighted by Gasteiger charge is -2.14. The van der Waals surface area contributed by atoms with Crippen molar-refractivity contribution in [1.29, 1.82) is 0 Å². The molecule has 19 nitrogen and oxygen atoms in total. The van der Waals surface area contributed by atoms with Crippen LogP contribution < -0.4 is 11.5 Å². The molecule has 0 saturated heterocycles. The minimum atomic E-state index is -5.41. The predicted octanol–water partition coefficient (Wildman–Crippen LogP) is 4.68. The van der Waals surface area contributed by atoms with Gasteiger partial charge in [0.1, 0.15) is 42.3 Å². The van der Waals surface area contributed by atoms with Gasteiger partial charge in [-0.1, -0.05) is 30.3 Å². The molecule has 0 heterocycles.